The number of rotatable bonds is 3. The summed E-state index contributed by atoms with van der Waals surface area (Å²) in [4.78, 5) is 8.33. The molecule has 0 aliphatic carbocycles. The molecule has 0 aliphatic rings. The fourth-order valence-electron chi connectivity index (χ4n) is 0.886. The van der Waals surface area contributed by atoms with E-state index in [0.717, 1.165) is 6.54 Å². The van der Waals surface area contributed by atoms with Gasteiger partial charge in [0.2, 0.25) is 5.95 Å². The molecule has 0 amide bonds. The van der Waals surface area contributed by atoms with Crippen molar-refractivity contribution < 1.29 is 0 Å². The Labute approximate surface area is 73.2 Å². The number of nitrogens with zero attached hydrogens (tertiary/aromatic N) is 2. The van der Waals surface area contributed by atoms with Crippen LogP contribution in [0, 0.1) is 0 Å². The van der Waals surface area contributed by atoms with Crippen molar-refractivity contribution in [2.24, 2.45) is 0 Å². The zero-order valence-corrected chi connectivity index (χ0v) is 7.83. The van der Waals surface area contributed by atoms with Gasteiger partial charge in [-0.05, 0) is 18.4 Å². The summed E-state index contributed by atoms with van der Waals surface area (Å²) in [5, 5.41) is 3.05. The van der Waals surface area contributed by atoms with Crippen LogP contribution < -0.4 is 5.32 Å². The maximum absolute atomic E-state index is 4.17. The van der Waals surface area contributed by atoms with E-state index in [0.29, 0.717) is 11.9 Å². The molecule has 0 saturated heterocycles. The van der Waals surface area contributed by atoms with Crippen LogP contribution in [-0.2, 0) is 0 Å². The molecule has 0 bridgehead atoms. The minimum atomic E-state index is 0.501. The normalized spacial score (nSPS) is 10.3. The molecule has 1 rings (SSSR count). The van der Waals surface area contributed by atoms with Gasteiger partial charge in [0.05, 0.1) is 0 Å². The molecule has 0 atom stereocenters. The molecule has 1 aromatic rings. The number of nitrogens with one attached hydrogen (secondary N) is 1. The van der Waals surface area contributed by atoms with E-state index in [1.54, 1.807) is 0 Å². The van der Waals surface area contributed by atoms with Crippen molar-refractivity contribution in [2.75, 3.05) is 11.9 Å². The highest BCUT2D eigenvalue weighted by Crippen LogP contribution is 2.11. The van der Waals surface area contributed by atoms with Gasteiger partial charge in [0.15, 0.2) is 0 Å². The van der Waals surface area contributed by atoms with Gasteiger partial charge in [0, 0.05) is 18.9 Å². The zero-order chi connectivity index (χ0) is 8.97. The van der Waals surface area contributed by atoms with E-state index in [1.807, 2.05) is 19.3 Å². The van der Waals surface area contributed by atoms with Crippen LogP contribution in [0.3, 0.4) is 0 Å². The van der Waals surface area contributed by atoms with E-state index >= 15 is 0 Å². The van der Waals surface area contributed by atoms with E-state index in [2.05, 4.69) is 29.1 Å². The van der Waals surface area contributed by atoms with Gasteiger partial charge in [-0.3, -0.25) is 0 Å². The zero-order valence-electron chi connectivity index (χ0n) is 7.83. The van der Waals surface area contributed by atoms with Crippen LogP contribution in [0.15, 0.2) is 12.4 Å². The number of hydrogen-bond acceptors (Lipinski definition) is 3. The third-order valence-corrected chi connectivity index (χ3v) is 1.67. The average Bonchev–Trinajstić information content (AvgIpc) is 2.06. The molecule has 1 N–H and O–H groups in total. The van der Waals surface area contributed by atoms with Gasteiger partial charge in [0.25, 0.3) is 0 Å². The second-order valence-electron chi connectivity index (χ2n) is 3.03. The lowest BCUT2D eigenvalue weighted by Crippen LogP contribution is -2.02. The van der Waals surface area contributed by atoms with Crippen LogP contribution in [0.1, 0.15) is 32.3 Å². The fraction of sp³-hybridized carbons (Fsp3) is 0.556. The Morgan fingerprint density at radius 3 is 2.33 bits per heavy atom. The maximum atomic E-state index is 4.17. The highest BCUT2D eigenvalue weighted by Gasteiger charge is 1.99. The summed E-state index contributed by atoms with van der Waals surface area (Å²) in [6.45, 7) is 7.15. The van der Waals surface area contributed by atoms with Gasteiger partial charge >= 0.3 is 0 Å². The second-order valence-corrected chi connectivity index (χ2v) is 3.03. The minimum Gasteiger partial charge on any atom is -0.355 e. The van der Waals surface area contributed by atoms with Crippen molar-refractivity contribution in [2.45, 2.75) is 26.7 Å². The lowest BCUT2D eigenvalue weighted by molar-refractivity contribution is 0.845. The Morgan fingerprint density at radius 1 is 1.33 bits per heavy atom. The number of anilines is 1. The molecule has 66 valence electrons. The molecular formula is C9H15N3. The van der Waals surface area contributed by atoms with Gasteiger partial charge in [-0.2, -0.15) is 0 Å². The van der Waals surface area contributed by atoms with E-state index in [1.165, 1.54) is 5.56 Å². The first-order chi connectivity index (χ1) is 5.74. The lowest BCUT2D eigenvalue weighted by Gasteiger charge is -2.04. The van der Waals surface area contributed by atoms with Gasteiger partial charge in [-0.1, -0.05) is 13.8 Å². The quantitative estimate of drug-likeness (QED) is 0.744. The van der Waals surface area contributed by atoms with Gasteiger partial charge in [-0.15, -0.1) is 0 Å². The molecular weight excluding hydrogens is 150 g/mol. The molecule has 0 saturated carbocycles. The first kappa shape index (κ1) is 8.97. The van der Waals surface area contributed by atoms with Crippen molar-refractivity contribution >= 4 is 5.95 Å². The van der Waals surface area contributed by atoms with Crippen molar-refractivity contribution in [1.82, 2.24) is 9.97 Å². The number of aromatic nitrogens is 2. The van der Waals surface area contributed by atoms with Gasteiger partial charge in [0.1, 0.15) is 0 Å². The molecule has 0 spiro atoms. The third kappa shape index (κ3) is 2.19. The fourth-order valence-corrected chi connectivity index (χ4v) is 0.886. The maximum Gasteiger partial charge on any atom is 0.222 e. The molecule has 0 radical (unpaired) electrons. The van der Waals surface area contributed by atoms with Crippen molar-refractivity contribution in [1.29, 1.82) is 0 Å². The van der Waals surface area contributed by atoms with Crippen LogP contribution in [0.25, 0.3) is 0 Å². The van der Waals surface area contributed by atoms with Crippen LogP contribution in [0.2, 0.25) is 0 Å². The monoisotopic (exact) mass is 165 g/mol. The van der Waals surface area contributed by atoms with E-state index in [9.17, 15) is 0 Å². The molecule has 0 aromatic carbocycles. The minimum absolute atomic E-state index is 0.501. The Kier molecular flexibility index (Phi) is 3.02. The van der Waals surface area contributed by atoms with E-state index < -0.39 is 0 Å². The van der Waals surface area contributed by atoms with Gasteiger partial charge < -0.3 is 5.32 Å². The number of hydrogen-bond donors (Lipinski definition) is 1. The van der Waals surface area contributed by atoms with Crippen LogP contribution in [-0.4, -0.2) is 16.5 Å². The third-order valence-electron chi connectivity index (χ3n) is 1.67. The van der Waals surface area contributed by atoms with E-state index in [4.69, 9.17) is 0 Å². The first-order valence-electron chi connectivity index (χ1n) is 4.29. The summed E-state index contributed by atoms with van der Waals surface area (Å²) in [5.74, 6) is 1.21. The van der Waals surface area contributed by atoms with Crippen molar-refractivity contribution in [3.05, 3.63) is 18.0 Å². The Bertz CT molecular complexity index is 228. The first-order valence-corrected chi connectivity index (χ1v) is 4.29. The molecule has 12 heavy (non-hydrogen) atoms. The largest absolute Gasteiger partial charge is 0.355 e. The molecule has 3 heteroatoms. The molecule has 0 unspecified atom stereocenters. The Hall–Kier alpha value is -1.12. The highest BCUT2D eigenvalue weighted by atomic mass is 15.1. The predicted molar refractivity (Wildman–Crippen MR) is 50.3 cm³/mol. The van der Waals surface area contributed by atoms with Crippen LogP contribution in [0.4, 0.5) is 5.95 Å². The summed E-state index contributed by atoms with van der Waals surface area (Å²) >= 11 is 0. The summed E-state index contributed by atoms with van der Waals surface area (Å²) < 4.78 is 0. The second kappa shape index (κ2) is 4.04. The summed E-state index contributed by atoms with van der Waals surface area (Å²) in [6.07, 6.45) is 3.74. The summed E-state index contributed by atoms with van der Waals surface area (Å²) in [5.41, 5.74) is 1.18. The van der Waals surface area contributed by atoms with Crippen molar-refractivity contribution in [3.8, 4) is 0 Å². The predicted octanol–water partition coefficient (Wildman–Crippen LogP) is 2.03. The van der Waals surface area contributed by atoms with Crippen molar-refractivity contribution in [3.63, 3.8) is 0 Å². The Balaban J connectivity index is 2.71. The molecule has 0 fully saturated rings. The average molecular weight is 165 g/mol. The van der Waals surface area contributed by atoms with Gasteiger partial charge in [-0.25, -0.2) is 9.97 Å². The standard InChI is InChI=1S/C9H15N3/c1-4-10-9-11-5-8(6-12-9)7(2)3/h5-7H,4H2,1-3H3,(H,10,11,12). The summed E-state index contributed by atoms with van der Waals surface area (Å²) in [7, 11) is 0. The SMILES string of the molecule is CCNc1ncc(C(C)C)cn1. The van der Waals surface area contributed by atoms with Crippen LogP contribution >= 0.6 is 0 Å². The lowest BCUT2D eigenvalue weighted by atomic mass is 10.1. The van der Waals surface area contributed by atoms with Crippen LogP contribution in [0.5, 0.6) is 0 Å². The molecule has 1 aromatic heterocycles. The summed E-state index contributed by atoms with van der Waals surface area (Å²) in [6, 6.07) is 0. The highest BCUT2D eigenvalue weighted by molar-refractivity contribution is 5.25. The molecule has 1 heterocycles. The molecule has 3 nitrogen and oxygen atoms in total. The Morgan fingerprint density at radius 2 is 1.92 bits per heavy atom. The smallest absolute Gasteiger partial charge is 0.222 e. The topological polar surface area (TPSA) is 37.8 Å². The van der Waals surface area contributed by atoms with E-state index in [-0.39, 0.29) is 0 Å². The molecule has 0 aliphatic heterocycles.